The van der Waals surface area contributed by atoms with Crippen LogP contribution in [0.25, 0.3) is 0 Å². The fourth-order valence-electron chi connectivity index (χ4n) is 1.77. The number of β-amino-alcohol motifs (C(OH)–C–C–N with tert-alkyl or cyclic N) is 1. The maximum Gasteiger partial charge on any atom is 0.118 e. The van der Waals surface area contributed by atoms with Crippen molar-refractivity contribution in [2.24, 2.45) is 0 Å². The number of hydrogen-bond donors (Lipinski definition) is 2. The zero-order valence-corrected chi connectivity index (χ0v) is 11.3. The summed E-state index contributed by atoms with van der Waals surface area (Å²) < 4.78 is 9.98. The molecule has 1 aliphatic rings. The minimum Gasteiger partial charge on any atom is -0.497 e. The Labute approximate surface area is 109 Å². The van der Waals surface area contributed by atoms with Gasteiger partial charge in [-0.25, -0.2) is 0 Å². The Hall–Kier alpha value is -1.10. The molecule has 2 atom stereocenters. The lowest BCUT2D eigenvalue weighted by Gasteiger charge is -2.26. The van der Waals surface area contributed by atoms with Gasteiger partial charge in [0, 0.05) is 13.7 Å². The topological polar surface area (TPSA) is 50.7 Å². The largest absolute Gasteiger partial charge is 0.497 e. The molecule has 0 aromatic heterocycles. The number of hydrogen-bond acceptors (Lipinski definition) is 4. The molecule has 4 heteroatoms. The number of rotatable bonds is 2. The SMILES string of the molecule is COC1CCNCC1O.COc1ccc(C)cc1. The van der Waals surface area contributed by atoms with Gasteiger partial charge in [0.05, 0.1) is 19.3 Å². The number of methoxy groups -OCH3 is 2. The summed E-state index contributed by atoms with van der Waals surface area (Å²) in [6, 6.07) is 7.96. The molecule has 0 amide bonds. The van der Waals surface area contributed by atoms with Crippen molar-refractivity contribution in [3.8, 4) is 5.75 Å². The summed E-state index contributed by atoms with van der Waals surface area (Å²) >= 11 is 0. The van der Waals surface area contributed by atoms with E-state index >= 15 is 0 Å². The molecule has 1 aromatic rings. The second-order valence-corrected chi connectivity index (χ2v) is 4.35. The Morgan fingerprint density at radius 3 is 2.33 bits per heavy atom. The fourth-order valence-corrected chi connectivity index (χ4v) is 1.77. The molecule has 1 fully saturated rings. The molecule has 0 radical (unpaired) electrons. The number of aliphatic hydroxyl groups is 1. The first-order valence-electron chi connectivity index (χ1n) is 6.19. The Kier molecular flexibility index (Phi) is 6.72. The first-order valence-corrected chi connectivity index (χ1v) is 6.19. The standard InChI is InChI=1S/C8H10O.C6H13NO2/c1-7-3-5-8(9-2)6-4-7;1-9-6-2-3-7-4-5(6)8/h3-6H,1-2H3;5-8H,2-4H2,1H3. The van der Waals surface area contributed by atoms with Gasteiger partial charge >= 0.3 is 0 Å². The summed E-state index contributed by atoms with van der Waals surface area (Å²) in [5.74, 6) is 0.917. The molecule has 18 heavy (non-hydrogen) atoms. The molecule has 0 aliphatic carbocycles. The molecule has 1 aliphatic heterocycles. The van der Waals surface area contributed by atoms with E-state index in [1.54, 1.807) is 14.2 Å². The van der Waals surface area contributed by atoms with Gasteiger partial charge < -0.3 is 19.9 Å². The van der Waals surface area contributed by atoms with Crippen LogP contribution < -0.4 is 10.1 Å². The zero-order valence-electron chi connectivity index (χ0n) is 11.3. The predicted octanol–water partition coefficient (Wildman–Crippen LogP) is 1.36. The molecule has 4 nitrogen and oxygen atoms in total. The minimum absolute atomic E-state index is 0.0475. The molecule has 102 valence electrons. The Morgan fingerprint density at radius 2 is 1.89 bits per heavy atom. The van der Waals surface area contributed by atoms with E-state index in [1.807, 2.05) is 24.3 Å². The van der Waals surface area contributed by atoms with Gasteiger partial charge in [0.2, 0.25) is 0 Å². The van der Waals surface area contributed by atoms with Crippen LogP contribution in [0.1, 0.15) is 12.0 Å². The van der Waals surface area contributed by atoms with E-state index in [9.17, 15) is 5.11 Å². The van der Waals surface area contributed by atoms with Crippen molar-refractivity contribution in [3.05, 3.63) is 29.8 Å². The van der Waals surface area contributed by atoms with Crippen LogP contribution in [0.5, 0.6) is 5.75 Å². The van der Waals surface area contributed by atoms with Crippen LogP contribution in [0, 0.1) is 6.92 Å². The van der Waals surface area contributed by atoms with Crippen molar-refractivity contribution >= 4 is 0 Å². The van der Waals surface area contributed by atoms with Crippen LogP contribution in [0.4, 0.5) is 0 Å². The van der Waals surface area contributed by atoms with E-state index in [4.69, 9.17) is 9.47 Å². The average Bonchev–Trinajstić information content (AvgIpc) is 2.41. The van der Waals surface area contributed by atoms with Gasteiger partial charge in [-0.3, -0.25) is 0 Å². The van der Waals surface area contributed by atoms with Crippen LogP contribution in [0.3, 0.4) is 0 Å². The maximum atomic E-state index is 9.18. The monoisotopic (exact) mass is 253 g/mol. The molecule has 2 unspecified atom stereocenters. The Balaban J connectivity index is 0.000000180. The number of aliphatic hydroxyl groups excluding tert-OH is 1. The fraction of sp³-hybridized carbons (Fsp3) is 0.571. The first kappa shape index (κ1) is 15.0. The van der Waals surface area contributed by atoms with Crippen LogP contribution in [-0.2, 0) is 4.74 Å². The Morgan fingerprint density at radius 1 is 1.22 bits per heavy atom. The third kappa shape index (κ3) is 5.04. The van der Waals surface area contributed by atoms with Crippen molar-refractivity contribution < 1.29 is 14.6 Å². The van der Waals surface area contributed by atoms with Gasteiger partial charge in [0.15, 0.2) is 0 Å². The van der Waals surface area contributed by atoms with Crippen molar-refractivity contribution in [1.29, 1.82) is 0 Å². The molecule has 0 saturated carbocycles. The number of benzene rings is 1. The number of nitrogens with one attached hydrogen (secondary N) is 1. The second kappa shape index (κ2) is 8.08. The first-order chi connectivity index (χ1) is 8.67. The lowest BCUT2D eigenvalue weighted by molar-refractivity contribution is -0.0280. The summed E-state index contributed by atoms with van der Waals surface area (Å²) in [5.41, 5.74) is 1.26. The lowest BCUT2D eigenvalue weighted by Crippen LogP contribution is -2.44. The summed E-state index contributed by atoms with van der Waals surface area (Å²) in [5, 5.41) is 12.3. The van der Waals surface area contributed by atoms with Crippen LogP contribution in [0.2, 0.25) is 0 Å². The molecular weight excluding hydrogens is 230 g/mol. The van der Waals surface area contributed by atoms with E-state index in [-0.39, 0.29) is 12.2 Å². The van der Waals surface area contributed by atoms with Gasteiger partial charge in [0.1, 0.15) is 5.75 Å². The third-order valence-electron chi connectivity index (χ3n) is 2.95. The van der Waals surface area contributed by atoms with E-state index in [1.165, 1.54) is 5.56 Å². The van der Waals surface area contributed by atoms with E-state index < -0.39 is 0 Å². The predicted molar refractivity (Wildman–Crippen MR) is 72.0 cm³/mol. The highest BCUT2D eigenvalue weighted by atomic mass is 16.5. The number of ether oxygens (including phenoxy) is 2. The third-order valence-corrected chi connectivity index (χ3v) is 2.95. The van der Waals surface area contributed by atoms with Crippen LogP contribution in [-0.4, -0.2) is 44.6 Å². The maximum absolute atomic E-state index is 9.18. The molecule has 1 aromatic carbocycles. The molecule has 2 N–H and O–H groups in total. The van der Waals surface area contributed by atoms with Gasteiger partial charge in [-0.2, -0.15) is 0 Å². The van der Waals surface area contributed by atoms with Gasteiger partial charge in [-0.1, -0.05) is 17.7 Å². The highest BCUT2D eigenvalue weighted by Crippen LogP contribution is 2.09. The van der Waals surface area contributed by atoms with E-state index in [0.717, 1.165) is 18.7 Å². The highest BCUT2D eigenvalue weighted by molar-refractivity contribution is 5.25. The molecule has 1 saturated heterocycles. The van der Waals surface area contributed by atoms with Crippen molar-refractivity contribution in [2.45, 2.75) is 25.6 Å². The van der Waals surface area contributed by atoms with Gasteiger partial charge in [0.25, 0.3) is 0 Å². The molecule has 0 bridgehead atoms. The number of aryl methyl sites for hydroxylation is 1. The number of piperidine rings is 1. The zero-order chi connectivity index (χ0) is 13.4. The van der Waals surface area contributed by atoms with E-state index in [2.05, 4.69) is 12.2 Å². The molecule has 2 rings (SSSR count). The molecular formula is C14H23NO3. The van der Waals surface area contributed by atoms with Crippen molar-refractivity contribution in [3.63, 3.8) is 0 Å². The Bertz CT molecular complexity index is 326. The molecule has 0 spiro atoms. The quantitative estimate of drug-likeness (QED) is 0.835. The van der Waals surface area contributed by atoms with Crippen molar-refractivity contribution in [1.82, 2.24) is 5.32 Å². The van der Waals surface area contributed by atoms with Crippen LogP contribution in [0.15, 0.2) is 24.3 Å². The smallest absolute Gasteiger partial charge is 0.118 e. The highest BCUT2D eigenvalue weighted by Gasteiger charge is 2.21. The van der Waals surface area contributed by atoms with E-state index in [0.29, 0.717) is 6.54 Å². The second-order valence-electron chi connectivity index (χ2n) is 4.35. The summed E-state index contributed by atoms with van der Waals surface area (Å²) in [6.07, 6.45) is 0.646. The van der Waals surface area contributed by atoms with Gasteiger partial charge in [-0.05, 0) is 32.0 Å². The summed E-state index contributed by atoms with van der Waals surface area (Å²) in [7, 11) is 3.31. The van der Waals surface area contributed by atoms with Gasteiger partial charge in [-0.15, -0.1) is 0 Å². The summed E-state index contributed by atoms with van der Waals surface area (Å²) in [4.78, 5) is 0. The average molecular weight is 253 g/mol. The lowest BCUT2D eigenvalue weighted by atomic mass is 10.1. The normalized spacial score (nSPS) is 22.9. The molecule has 1 heterocycles. The summed E-state index contributed by atoms with van der Waals surface area (Å²) in [6.45, 7) is 3.67. The van der Waals surface area contributed by atoms with Crippen LogP contribution >= 0.6 is 0 Å². The minimum atomic E-state index is -0.316. The van der Waals surface area contributed by atoms with Crippen molar-refractivity contribution in [2.75, 3.05) is 27.3 Å².